The zero-order valence-electron chi connectivity index (χ0n) is 26.9. The Hall–Kier alpha value is -4.22. The summed E-state index contributed by atoms with van der Waals surface area (Å²) in [6.07, 6.45) is 4.86. The number of aromatic amines is 1. The predicted octanol–water partition coefficient (Wildman–Crippen LogP) is 5.78. The third-order valence-electron chi connectivity index (χ3n) is 8.53. The van der Waals surface area contributed by atoms with E-state index in [0.29, 0.717) is 35.1 Å². The Labute approximate surface area is 262 Å². The number of benzene rings is 1. The molecular weight excluding hydrogens is 579 g/mol. The Morgan fingerprint density at radius 3 is 2.51 bits per heavy atom. The quantitative estimate of drug-likeness (QED) is 0.304. The first-order valence-electron chi connectivity index (χ1n) is 15.8. The van der Waals surface area contributed by atoms with Crippen LogP contribution in [0.1, 0.15) is 95.1 Å². The number of H-pyrrole nitrogens is 1. The molecule has 0 spiro atoms. The van der Waals surface area contributed by atoms with E-state index >= 15 is 4.39 Å². The second-order valence-corrected chi connectivity index (χ2v) is 13.0. The highest BCUT2D eigenvalue weighted by molar-refractivity contribution is 6.02. The highest BCUT2D eigenvalue weighted by atomic mass is 19.1. The van der Waals surface area contributed by atoms with Gasteiger partial charge in [0.05, 0.1) is 36.8 Å². The van der Waals surface area contributed by atoms with Gasteiger partial charge in [0.15, 0.2) is 5.82 Å². The molecule has 2 N–H and O–H groups in total. The maximum absolute atomic E-state index is 16.4. The lowest BCUT2D eigenvalue weighted by atomic mass is 9.79. The standard InChI is InChI=1S/C33H43FN6O5/c1-7-40-25(15-16-35-40)30(41)38-27(20-11-9-19(3)10-12-20)29-36-24-14-13-21(26(34)28(24)37-29)22-17-39(32(43)45-33(4,5)6)18-23(22)31(42)44-8-2/h13-16,19-20,27H,7-12,17-18H2,1-6H3,(H,36,37)(H,38,41)/t19?,20?,27-/m0/s1. The Morgan fingerprint density at radius 1 is 1.11 bits per heavy atom. The SMILES string of the molecule is CCOC(=O)C1=C(c2ccc3[nH]c([C@@H](NC(=O)c4ccnn4CC)C4CCC(C)CC4)nc3c2F)CN(C(=O)OC(C)(C)C)C1. The van der Waals surface area contributed by atoms with Crippen LogP contribution in [0.4, 0.5) is 9.18 Å². The highest BCUT2D eigenvalue weighted by Crippen LogP contribution is 2.38. The van der Waals surface area contributed by atoms with Crippen molar-refractivity contribution < 1.29 is 28.2 Å². The molecule has 45 heavy (non-hydrogen) atoms. The molecule has 12 heteroatoms. The van der Waals surface area contributed by atoms with Gasteiger partial charge in [-0.05, 0) is 83.1 Å². The lowest BCUT2D eigenvalue weighted by Gasteiger charge is -2.32. The molecule has 1 aliphatic carbocycles. The number of esters is 1. The second kappa shape index (κ2) is 13.0. The van der Waals surface area contributed by atoms with Crippen molar-refractivity contribution >= 4 is 34.6 Å². The number of nitrogens with zero attached hydrogens (tertiary/aromatic N) is 4. The number of nitrogens with one attached hydrogen (secondary N) is 2. The molecule has 3 heterocycles. The molecule has 242 valence electrons. The van der Waals surface area contributed by atoms with Crippen LogP contribution in [0, 0.1) is 17.7 Å². The molecule has 1 atom stereocenters. The van der Waals surface area contributed by atoms with Crippen molar-refractivity contribution in [3.63, 3.8) is 0 Å². The van der Waals surface area contributed by atoms with Crippen molar-refractivity contribution in [2.24, 2.45) is 11.8 Å². The molecule has 2 aromatic heterocycles. The average Bonchev–Trinajstić information content (AvgIpc) is 3.74. The largest absolute Gasteiger partial charge is 0.463 e. The van der Waals surface area contributed by atoms with Crippen molar-refractivity contribution in [1.29, 1.82) is 0 Å². The van der Waals surface area contributed by atoms with Gasteiger partial charge in [0.25, 0.3) is 5.91 Å². The first kappa shape index (κ1) is 32.2. The number of halogens is 1. The normalized spacial score (nSPS) is 19.6. The van der Waals surface area contributed by atoms with E-state index in [2.05, 4.69) is 22.3 Å². The van der Waals surface area contributed by atoms with Gasteiger partial charge in [-0.1, -0.05) is 19.8 Å². The number of fused-ring (bicyclic) bond motifs is 1. The summed E-state index contributed by atoms with van der Waals surface area (Å²) in [4.78, 5) is 48.6. The van der Waals surface area contributed by atoms with E-state index in [9.17, 15) is 14.4 Å². The van der Waals surface area contributed by atoms with E-state index in [1.807, 2.05) is 6.92 Å². The van der Waals surface area contributed by atoms with Crippen LogP contribution >= 0.6 is 0 Å². The van der Waals surface area contributed by atoms with Crippen LogP contribution in [0.25, 0.3) is 16.6 Å². The average molecular weight is 623 g/mol. The second-order valence-electron chi connectivity index (χ2n) is 13.0. The van der Waals surface area contributed by atoms with E-state index in [-0.39, 0.29) is 48.2 Å². The summed E-state index contributed by atoms with van der Waals surface area (Å²) in [6, 6.07) is 4.51. The molecule has 0 saturated heterocycles. The predicted molar refractivity (Wildman–Crippen MR) is 167 cm³/mol. The summed E-state index contributed by atoms with van der Waals surface area (Å²) in [6.45, 7) is 11.7. The zero-order valence-corrected chi connectivity index (χ0v) is 26.9. The fourth-order valence-corrected chi connectivity index (χ4v) is 6.20. The molecule has 11 nitrogen and oxygen atoms in total. The monoisotopic (exact) mass is 622 g/mol. The number of ether oxygens (including phenoxy) is 2. The summed E-state index contributed by atoms with van der Waals surface area (Å²) in [5, 5.41) is 7.40. The number of hydrogen-bond acceptors (Lipinski definition) is 7. The Bertz CT molecular complexity index is 1610. The lowest BCUT2D eigenvalue weighted by Crippen LogP contribution is -2.36. The molecule has 3 aromatic rings. The van der Waals surface area contributed by atoms with E-state index in [0.717, 1.165) is 25.7 Å². The molecule has 2 amide bonds. The number of amides is 2. The van der Waals surface area contributed by atoms with E-state index < -0.39 is 29.5 Å². The number of rotatable bonds is 8. The lowest BCUT2D eigenvalue weighted by molar-refractivity contribution is -0.138. The molecule has 2 aliphatic rings. The Morgan fingerprint density at radius 2 is 1.84 bits per heavy atom. The number of aromatic nitrogens is 4. The molecular formula is C33H43FN6O5. The third-order valence-corrected chi connectivity index (χ3v) is 8.53. The van der Waals surface area contributed by atoms with Gasteiger partial charge in [-0.15, -0.1) is 0 Å². The Balaban J connectivity index is 1.51. The van der Waals surface area contributed by atoms with Gasteiger partial charge in [-0.2, -0.15) is 5.10 Å². The minimum Gasteiger partial charge on any atom is -0.463 e. The van der Waals surface area contributed by atoms with E-state index in [1.165, 1.54) is 4.90 Å². The minimum atomic E-state index is -0.738. The van der Waals surface area contributed by atoms with Crippen molar-refractivity contribution in [3.05, 3.63) is 52.9 Å². The number of aryl methyl sites for hydroxylation is 1. The molecule has 1 aliphatic heterocycles. The van der Waals surface area contributed by atoms with Gasteiger partial charge >= 0.3 is 12.1 Å². The topological polar surface area (TPSA) is 131 Å². The first-order chi connectivity index (χ1) is 21.4. The fraction of sp³-hybridized carbons (Fsp3) is 0.545. The molecule has 1 aromatic carbocycles. The van der Waals surface area contributed by atoms with Gasteiger partial charge in [0, 0.05) is 18.3 Å². The molecule has 0 radical (unpaired) electrons. The van der Waals surface area contributed by atoms with Crippen LogP contribution in [0.5, 0.6) is 0 Å². The van der Waals surface area contributed by atoms with E-state index in [4.69, 9.17) is 14.5 Å². The van der Waals surface area contributed by atoms with Crippen molar-refractivity contribution in [3.8, 4) is 0 Å². The highest BCUT2D eigenvalue weighted by Gasteiger charge is 2.36. The van der Waals surface area contributed by atoms with Crippen LogP contribution in [0.2, 0.25) is 0 Å². The van der Waals surface area contributed by atoms with Crippen LogP contribution in [0.15, 0.2) is 30.0 Å². The number of carbonyl (C=O) groups is 3. The van der Waals surface area contributed by atoms with E-state index in [1.54, 1.807) is 56.8 Å². The van der Waals surface area contributed by atoms with Crippen LogP contribution in [-0.4, -0.2) is 67.9 Å². The summed E-state index contributed by atoms with van der Waals surface area (Å²) in [5.74, 6) is -0.314. The first-order valence-corrected chi connectivity index (χ1v) is 15.8. The smallest absolute Gasteiger partial charge is 0.410 e. The summed E-state index contributed by atoms with van der Waals surface area (Å²) >= 11 is 0. The van der Waals surface area contributed by atoms with Crippen LogP contribution < -0.4 is 5.32 Å². The van der Waals surface area contributed by atoms with Crippen LogP contribution in [-0.2, 0) is 20.8 Å². The molecule has 1 fully saturated rings. The minimum absolute atomic E-state index is 0.0210. The molecule has 1 saturated carbocycles. The van der Waals surface area contributed by atoms with Crippen molar-refractivity contribution in [1.82, 2.24) is 30.0 Å². The van der Waals surface area contributed by atoms with Gasteiger partial charge in [-0.25, -0.2) is 19.0 Å². The van der Waals surface area contributed by atoms with Gasteiger partial charge in [0.1, 0.15) is 22.6 Å². The van der Waals surface area contributed by atoms with Gasteiger partial charge in [-0.3, -0.25) is 14.4 Å². The summed E-state index contributed by atoms with van der Waals surface area (Å²) < 4.78 is 28.8. The fourth-order valence-electron chi connectivity index (χ4n) is 6.20. The third kappa shape index (κ3) is 6.89. The maximum atomic E-state index is 16.4. The van der Waals surface area contributed by atoms with Crippen molar-refractivity contribution in [2.75, 3.05) is 19.7 Å². The number of imidazole rings is 1. The van der Waals surface area contributed by atoms with Crippen molar-refractivity contribution in [2.45, 2.75) is 85.4 Å². The zero-order chi connectivity index (χ0) is 32.5. The van der Waals surface area contributed by atoms with Gasteiger partial charge in [0.2, 0.25) is 0 Å². The summed E-state index contributed by atoms with van der Waals surface area (Å²) in [5.41, 5.74) is 0.981. The van der Waals surface area contributed by atoms with Crippen LogP contribution in [0.3, 0.4) is 0 Å². The number of hydrogen-bond donors (Lipinski definition) is 2. The molecule has 0 bridgehead atoms. The molecule has 5 rings (SSSR count). The molecule has 0 unspecified atom stereocenters. The summed E-state index contributed by atoms with van der Waals surface area (Å²) in [7, 11) is 0. The van der Waals surface area contributed by atoms with Gasteiger partial charge < -0.3 is 19.8 Å². The number of carbonyl (C=O) groups excluding carboxylic acids is 3. The maximum Gasteiger partial charge on any atom is 0.410 e. The Kier molecular flexibility index (Phi) is 9.31.